The van der Waals surface area contributed by atoms with Crippen LogP contribution in [0.15, 0.2) is 56.4 Å². The van der Waals surface area contributed by atoms with Crippen LogP contribution in [-0.2, 0) is 10.0 Å². The van der Waals surface area contributed by atoms with Crippen molar-refractivity contribution in [1.29, 1.82) is 0 Å². The minimum absolute atomic E-state index is 0.0804. The molecule has 3 aromatic rings. The van der Waals surface area contributed by atoms with Crippen LogP contribution in [0.4, 0.5) is 0 Å². The molecular weight excluding hydrogens is 432 g/mol. The number of sulfonamides is 1. The fourth-order valence-corrected chi connectivity index (χ4v) is 5.35. The third-order valence-corrected chi connectivity index (χ3v) is 7.81. The number of carbonyl (C=O) groups excluding carboxylic acids is 1. The zero-order valence-corrected chi connectivity index (χ0v) is 18.9. The first-order chi connectivity index (χ1) is 15.4. The van der Waals surface area contributed by atoms with Crippen molar-refractivity contribution in [3.63, 3.8) is 0 Å². The van der Waals surface area contributed by atoms with Crippen LogP contribution in [0.2, 0.25) is 0 Å². The maximum atomic E-state index is 12.9. The van der Waals surface area contributed by atoms with E-state index >= 15 is 0 Å². The summed E-state index contributed by atoms with van der Waals surface area (Å²) >= 11 is 0. The van der Waals surface area contributed by atoms with Gasteiger partial charge in [-0.15, -0.1) is 10.2 Å². The van der Waals surface area contributed by atoms with E-state index in [-0.39, 0.29) is 16.7 Å². The number of likely N-dealkylation sites (tertiary alicyclic amines) is 1. The number of nitrogens with zero attached hydrogens (tertiary/aromatic N) is 4. The van der Waals surface area contributed by atoms with E-state index in [1.807, 2.05) is 0 Å². The number of hydrogen-bond acceptors (Lipinski definition) is 7. The van der Waals surface area contributed by atoms with Gasteiger partial charge in [0.2, 0.25) is 15.9 Å². The van der Waals surface area contributed by atoms with Gasteiger partial charge in [0.1, 0.15) is 0 Å². The highest BCUT2D eigenvalue weighted by Gasteiger charge is 2.29. The number of aromatic nitrogens is 2. The van der Waals surface area contributed by atoms with Crippen LogP contribution in [0.3, 0.4) is 0 Å². The van der Waals surface area contributed by atoms with Gasteiger partial charge < -0.3 is 13.7 Å². The Morgan fingerprint density at radius 3 is 2.38 bits per heavy atom. The van der Waals surface area contributed by atoms with E-state index in [2.05, 4.69) is 10.2 Å². The van der Waals surface area contributed by atoms with Crippen molar-refractivity contribution in [2.45, 2.75) is 37.5 Å². The van der Waals surface area contributed by atoms with Gasteiger partial charge in [-0.25, -0.2) is 8.42 Å². The largest absolute Gasteiger partial charge is 0.459 e. The Morgan fingerprint density at radius 2 is 1.78 bits per heavy atom. The normalized spacial score (nSPS) is 15.4. The summed E-state index contributed by atoms with van der Waals surface area (Å²) in [6, 6.07) is 9.69. The summed E-state index contributed by atoms with van der Waals surface area (Å²) in [5, 5.41) is 8.19. The van der Waals surface area contributed by atoms with Crippen molar-refractivity contribution in [2.75, 3.05) is 26.2 Å². The molecule has 1 amide bonds. The highest BCUT2D eigenvalue weighted by atomic mass is 32.2. The van der Waals surface area contributed by atoms with Gasteiger partial charge in [0.15, 0.2) is 5.76 Å². The fourth-order valence-electron chi connectivity index (χ4n) is 3.89. The molecule has 0 atom stereocenters. The second-order valence-electron chi connectivity index (χ2n) is 7.60. The molecule has 170 valence electrons. The smallest absolute Gasteiger partial charge is 0.283 e. The van der Waals surface area contributed by atoms with E-state index in [4.69, 9.17) is 8.83 Å². The molecular formula is C22H26N4O5S. The monoisotopic (exact) mass is 458 g/mol. The molecule has 0 bridgehead atoms. The number of hydrogen-bond donors (Lipinski definition) is 0. The Bertz CT molecular complexity index is 1140. The lowest BCUT2D eigenvalue weighted by atomic mass is 9.96. The van der Waals surface area contributed by atoms with Gasteiger partial charge in [-0.2, -0.15) is 4.31 Å². The second-order valence-corrected chi connectivity index (χ2v) is 9.54. The maximum absolute atomic E-state index is 12.9. The summed E-state index contributed by atoms with van der Waals surface area (Å²) in [5.41, 5.74) is 0.472. The number of piperidine rings is 1. The third-order valence-electron chi connectivity index (χ3n) is 5.75. The van der Waals surface area contributed by atoms with E-state index in [0.29, 0.717) is 62.1 Å². The van der Waals surface area contributed by atoms with Gasteiger partial charge in [-0.1, -0.05) is 13.8 Å². The van der Waals surface area contributed by atoms with Crippen LogP contribution in [0.1, 0.15) is 48.9 Å². The molecule has 0 unspecified atom stereocenters. The lowest BCUT2D eigenvalue weighted by Crippen LogP contribution is -2.38. The minimum atomic E-state index is -3.54. The average Bonchev–Trinajstić information content (AvgIpc) is 3.52. The van der Waals surface area contributed by atoms with Crippen LogP contribution in [0.25, 0.3) is 11.7 Å². The molecule has 0 saturated carbocycles. The van der Waals surface area contributed by atoms with Crippen LogP contribution < -0.4 is 0 Å². The van der Waals surface area contributed by atoms with Gasteiger partial charge in [-0.05, 0) is 49.2 Å². The van der Waals surface area contributed by atoms with Gasteiger partial charge in [0, 0.05) is 37.7 Å². The third kappa shape index (κ3) is 4.33. The number of benzene rings is 1. The molecule has 1 aliphatic heterocycles. The van der Waals surface area contributed by atoms with Gasteiger partial charge in [0.25, 0.3) is 11.8 Å². The fraction of sp³-hybridized carbons (Fsp3) is 0.409. The highest BCUT2D eigenvalue weighted by Crippen LogP contribution is 2.30. The summed E-state index contributed by atoms with van der Waals surface area (Å²) in [5.74, 6) is 1.40. The Balaban J connectivity index is 1.38. The molecule has 1 fully saturated rings. The summed E-state index contributed by atoms with van der Waals surface area (Å²) in [7, 11) is -3.54. The average molecular weight is 459 g/mol. The SMILES string of the molecule is CCN(CC)S(=O)(=O)c1ccc(C(=O)N2CCC(c3nnc(-c4ccco4)o3)CC2)cc1. The number of furan rings is 1. The van der Waals surface area contributed by atoms with Crippen molar-refractivity contribution in [2.24, 2.45) is 0 Å². The van der Waals surface area contributed by atoms with Crippen molar-refractivity contribution < 1.29 is 22.0 Å². The summed E-state index contributed by atoms with van der Waals surface area (Å²) < 4.78 is 37.7. The molecule has 0 spiro atoms. The van der Waals surface area contributed by atoms with E-state index in [1.54, 1.807) is 49.3 Å². The lowest BCUT2D eigenvalue weighted by molar-refractivity contribution is 0.0706. The number of rotatable bonds is 7. The predicted octanol–water partition coefficient (Wildman–Crippen LogP) is 3.38. The number of carbonyl (C=O) groups is 1. The lowest BCUT2D eigenvalue weighted by Gasteiger charge is -2.30. The molecule has 1 aromatic carbocycles. The van der Waals surface area contributed by atoms with Crippen molar-refractivity contribution in [3.05, 3.63) is 54.1 Å². The maximum Gasteiger partial charge on any atom is 0.283 e. The standard InChI is InChI=1S/C22H26N4O5S/c1-3-26(4-2)32(28,29)18-9-7-17(8-10-18)22(27)25-13-11-16(12-14-25)20-23-24-21(31-20)19-6-5-15-30-19/h5-10,15-16H,3-4,11-14H2,1-2H3. The molecule has 0 radical (unpaired) electrons. The Labute approximate surface area is 187 Å². The van der Waals surface area contributed by atoms with Crippen molar-refractivity contribution in [3.8, 4) is 11.7 Å². The van der Waals surface area contributed by atoms with Crippen molar-refractivity contribution >= 4 is 15.9 Å². The Hall–Kier alpha value is -2.98. The number of amides is 1. The topological polar surface area (TPSA) is 110 Å². The van der Waals surface area contributed by atoms with E-state index in [9.17, 15) is 13.2 Å². The molecule has 3 heterocycles. The molecule has 1 aliphatic rings. The summed E-state index contributed by atoms with van der Waals surface area (Å²) in [6.07, 6.45) is 2.97. The van der Waals surface area contributed by atoms with E-state index in [1.165, 1.54) is 16.4 Å². The van der Waals surface area contributed by atoms with Crippen LogP contribution in [0, 0.1) is 0 Å². The first kappa shape index (κ1) is 22.2. The molecule has 0 N–H and O–H groups in total. The molecule has 4 rings (SSSR count). The van der Waals surface area contributed by atoms with Gasteiger partial charge in [0.05, 0.1) is 11.2 Å². The highest BCUT2D eigenvalue weighted by molar-refractivity contribution is 7.89. The molecule has 0 aliphatic carbocycles. The minimum Gasteiger partial charge on any atom is -0.459 e. The first-order valence-electron chi connectivity index (χ1n) is 10.7. The molecule has 10 heteroatoms. The van der Waals surface area contributed by atoms with Crippen LogP contribution in [0.5, 0.6) is 0 Å². The quantitative estimate of drug-likeness (QED) is 0.534. The van der Waals surface area contributed by atoms with Gasteiger partial charge >= 0.3 is 0 Å². The first-order valence-corrected chi connectivity index (χ1v) is 12.1. The van der Waals surface area contributed by atoms with Gasteiger partial charge in [-0.3, -0.25) is 4.79 Å². The van der Waals surface area contributed by atoms with E-state index < -0.39 is 10.0 Å². The van der Waals surface area contributed by atoms with Crippen molar-refractivity contribution in [1.82, 2.24) is 19.4 Å². The summed E-state index contributed by atoms with van der Waals surface area (Å²) in [6.45, 7) is 5.52. The molecule has 9 nitrogen and oxygen atoms in total. The zero-order chi connectivity index (χ0) is 22.7. The van der Waals surface area contributed by atoms with Crippen LogP contribution >= 0.6 is 0 Å². The molecule has 2 aromatic heterocycles. The zero-order valence-electron chi connectivity index (χ0n) is 18.1. The predicted molar refractivity (Wildman–Crippen MR) is 116 cm³/mol. The molecule has 1 saturated heterocycles. The summed E-state index contributed by atoms with van der Waals surface area (Å²) in [4.78, 5) is 14.9. The van der Waals surface area contributed by atoms with Crippen LogP contribution in [-0.4, -0.2) is 59.9 Å². The Kier molecular flexibility index (Phi) is 6.43. The molecule has 32 heavy (non-hydrogen) atoms. The van der Waals surface area contributed by atoms with E-state index in [0.717, 1.165) is 0 Å². The Morgan fingerprint density at radius 1 is 1.09 bits per heavy atom. The second kappa shape index (κ2) is 9.25.